The molecule has 1 atom stereocenters. The number of hydrogen-bond acceptors (Lipinski definition) is 4. The lowest BCUT2D eigenvalue weighted by molar-refractivity contribution is -0.224. The first-order chi connectivity index (χ1) is 14.7. The second kappa shape index (κ2) is 9.11. The van der Waals surface area contributed by atoms with Crippen LogP contribution in [0.15, 0.2) is 73.2 Å². The molecular formula is C22H22F3N3O3. The lowest BCUT2D eigenvalue weighted by Gasteiger charge is -2.33. The van der Waals surface area contributed by atoms with Crippen LogP contribution in [0.2, 0.25) is 0 Å². The van der Waals surface area contributed by atoms with Crippen molar-refractivity contribution in [1.82, 2.24) is 9.55 Å². The van der Waals surface area contributed by atoms with Gasteiger partial charge in [-0.2, -0.15) is 13.2 Å². The van der Waals surface area contributed by atoms with Gasteiger partial charge in [-0.1, -0.05) is 18.2 Å². The molecule has 31 heavy (non-hydrogen) atoms. The normalized spacial score (nSPS) is 13.4. The molecule has 1 N–H and O–H groups in total. The number of carboxylic acids is 1. The van der Waals surface area contributed by atoms with E-state index < -0.39 is 24.1 Å². The van der Waals surface area contributed by atoms with Gasteiger partial charge in [0.2, 0.25) is 5.54 Å². The molecule has 0 saturated carbocycles. The van der Waals surface area contributed by atoms with Crippen molar-refractivity contribution in [1.29, 1.82) is 0 Å². The Morgan fingerprint density at radius 1 is 1.10 bits per heavy atom. The first-order valence-corrected chi connectivity index (χ1v) is 9.51. The molecule has 3 rings (SSSR count). The molecular weight excluding hydrogens is 411 g/mol. The van der Waals surface area contributed by atoms with Crippen molar-refractivity contribution in [2.24, 2.45) is 0 Å². The molecule has 0 bridgehead atoms. The fourth-order valence-electron chi connectivity index (χ4n) is 3.23. The molecule has 0 radical (unpaired) electrons. The van der Waals surface area contributed by atoms with Crippen LogP contribution in [0.1, 0.15) is 5.56 Å². The number of aromatic nitrogens is 2. The number of alkyl halides is 3. The van der Waals surface area contributed by atoms with E-state index in [1.54, 1.807) is 6.20 Å². The average molecular weight is 433 g/mol. The van der Waals surface area contributed by atoms with Gasteiger partial charge in [0.15, 0.2) is 0 Å². The summed E-state index contributed by atoms with van der Waals surface area (Å²) in [5.41, 5.74) is -2.86. The van der Waals surface area contributed by atoms with Crippen LogP contribution in [-0.4, -0.2) is 47.0 Å². The highest BCUT2D eigenvalue weighted by Crippen LogP contribution is 2.40. The number of anilines is 1. The molecule has 2 aromatic heterocycles. The number of hydrogen-bond donors (Lipinski definition) is 1. The summed E-state index contributed by atoms with van der Waals surface area (Å²) in [5.74, 6) is -0.690. The fourth-order valence-corrected chi connectivity index (χ4v) is 3.23. The predicted octanol–water partition coefficient (Wildman–Crippen LogP) is 3.98. The average Bonchev–Trinajstić information content (AvgIpc) is 3.27. The first-order valence-electron chi connectivity index (χ1n) is 9.51. The van der Waals surface area contributed by atoms with E-state index in [0.29, 0.717) is 23.5 Å². The highest BCUT2D eigenvalue weighted by Gasteiger charge is 2.62. The number of likely N-dealkylation sites (N-methyl/N-ethyl adjacent to an activating group) is 1. The summed E-state index contributed by atoms with van der Waals surface area (Å²) in [7, 11) is 1.87. The molecule has 0 unspecified atom stereocenters. The highest BCUT2D eigenvalue weighted by atomic mass is 19.4. The molecule has 0 fully saturated rings. The summed E-state index contributed by atoms with van der Waals surface area (Å²) in [6.07, 6.45) is -1.84. The predicted molar refractivity (Wildman–Crippen MR) is 109 cm³/mol. The summed E-state index contributed by atoms with van der Waals surface area (Å²) in [6.45, 7) is 0.903. The minimum Gasteiger partial charge on any atom is -0.492 e. The summed E-state index contributed by atoms with van der Waals surface area (Å²) in [4.78, 5) is 17.9. The number of halogens is 3. The Morgan fingerprint density at radius 2 is 1.77 bits per heavy atom. The Balaban J connectivity index is 1.68. The van der Waals surface area contributed by atoms with Crippen molar-refractivity contribution in [3.63, 3.8) is 0 Å². The molecule has 164 valence electrons. The van der Waals surface area contributed by atoms with Gasteiger partial charge in [-0.3, -0.25) is 0 Å². The van der Waals surface area contributed by atoms with Crippen LogP contribution >= 0.6 is 0 Å². The lowest BCUT2D eigenvalue weighted by Crippen LogP contribution is -2.55. The quantitative estimate of drug-likeness (QED) is 0.553. The smallest absolute Gasteiger partial charge is 0.423 e. The zero-order valence-electron chi connectivity index (χ0n) is 16.8. The number of ether oxygens (including phenoxy) is 1. The largest absolute Gasteiger partial charge is 0.492 e. The second-order valence-corrected chi connectivity index (χ2v) is 7.03. The van der Waals surface area contributed by atoms with Crippen LogP contribution in [0, 0.1) is 0 Å². The number of benzene rings is 1. The van der Waals surface area contributed by atoms with Crippen molar-refractivity contribution in [2.45, 2.75) is 18.1 Å². The third kappa shape index (κ3) is 4.82. The molecule has 0 saturated heterocycles. The third-order valence-electron chi connectivity index (χ3n) is 4.99. The lowest BCUT2D eigenvalue weighted by atomic mass is 9.89. The topological polar surface area (TPSA) is 67.6 Å². The minimum atomic E-state index is -5.00. The molecule has 0 spiro atoms. The van der Waals surface area contributed by atoms with Gasteiger partial charge < -0.3 is 19.3 Å². The van der Waals surface area contributed by atoms with Crippen molar-refractivity contribution >= 4 is 11.8 Å². The van der Waals surface area contributed by atoms with Crippen LogP contribution in [0.5, 0.6) is 5.75 Å². The second-order valence-electron chi connectivity index (χ2n) is 7.03. The number of aliphatic carboxylic acids is 1. The molecule has 1 aromatic carbocycles. The molecule has 0 aliphatic rings. The zero-order valence-corrected chi connectivity index (χ0v) is 16.8. The summed E-state index contributed by atoms with van der Waals surface area (Å²) in [6, 6.07) is 14.3. The van der Waals surface area contributed by atoms with E-state index in [4.69, 9.17) is 4.74 Å². The minimum absolute atomic E-state index is 0.228. The standard InChI is InChI=1S/C22H22F3N3O3/c1-27(19-6-2-3-11-26-19)14-15-31-18-9-7-17(8-10-18)16-21(20(29)30,22(23,24)25)28-12-4-5-13-28/h2-13H,14-16H2,1H3,(H,29,30)/t21-/m0/s1. The SMILES string of the molecule is CN(CCOc1ccc(C[C@@](C(=O)O)(n2cccc2)C(F)(F)F)cc1)c1ccccn1. The van der Waals surface area contributed by atoms with E-state index in [9.17, 15) is 23.1 Å². The molecule has 9 heteroatoms. The Morgan fingerprint density at radius 3 is 2.32 bits per heavy atom. The molecule has 6 nitrogen and oxygen atoms in total. The van der Waals surface area contributed by atoms with Gasteiger partial charge in [0.25, 0.3) is 0 Å². The van der Waals surface area contributed by atoms with E-state index in [2.05, 4.69) is 4.98 Å². The maximum Gasteiger partial charge on any atom is 0.423 e. The Bertz CT molecular complexity index is 977. The van der Waals surface area contributed by atoms with Crippen LogP contribution in [0.25, 0.3) is 0 Å². The van der Waals surface area contributed by atoms with Crippen molar-refractivity contribution in [3.8, 4) is 5.75 Å². The molecule has 0 amide bonds. The summed E-state index contributed by atoms with van der Waals surface area (Å²) >= 11 is 0. The van der Waals surface area contributed by atoms with Gasteiger partial charge in [0, 0.05) is 32.1 Å². The molecule has 3 aromatic rings. The molecule has 2 heterocycles. The van der Waals surface area contributed by atoms with E-state index in [0.717, 1.165) is 18.2 Å². The summed E-state index contributed by atoms with van der Waals surface area (Å²) in [5, 5.41) is 9.53. The van der Waals surface area contributed by atoms with Crippen LogP contribution in [0.4, 0.5) is 19.0 Å². The number of pyridine rings is 1. The highest BCUT2D eigenvalue weighted by molar-refractivity contribution is 5.78. The Kier molecular flexibility index (Phi) is 6.53. The van der Waals surface area contributed by atoms with E-state index in [1.807, 2.05) is 30.1 Å². The number of nitrogens with zero attached hydrogens (tertiary/aromatic N) is 3. The zero-order chi connectivity index (χ0) is 22.5. The van der Waals surface area contributed by atoms with Crippen LogP contribution in [-0.2, 0) is 16.8 Å². The molecule has 0 aliphatic carbocycles. The van der Waals surface area contributed by atoms with Gasteiger partial charge in [-0.15, -0.1) is 0 Å². The van der Waals surface area contributed by atoms with Gasteiger partial charge in [-0.25, -0.2) is 9.78 Å². The third-order valence-corrected chi connectivity index (χ3v) is 4.99. The Hall–Kier alpha value is -3.49. The maximum atomic E-state index is 13.9. The molecule has 0 aliphatic heterocycles. The van der Waals surface area contributed by atoms with Gasteiger partial charge >= 0.3 is 12.1 Å². The maximum absolute atomic E-state index is 13.9. The fraction of sp³-hybridized carbons (Fsp3) is 0.273. The van der Waals surface area contributed by atoms with E-state index >= 15 is 0 Å². The number of rotatable bonds is 9. The van der Waals surface area contributed by atoms with Gasteiger partial charge in [-0.05, 0) is 42.0 Å². The Labute approximate surface area is 177 Å². The summed E-state index contributed by atoms with van der Waals surface area (Å²) < 4.78 is 48.0. The van der Waals surface area contributed by atoms with Gasteiger partial charge in [0.1, 0.15) is 18.2 Å². The van der Waals surface area contributed by atoms with Crippen molar-refractivity contribution in [3.05, 3.63) is 78.8 Å². The number of carbonyl (C=O) groups is 1. The van der Waals surface area contributed by atoms with Crippen LogP contribution in [0.3, 0.4) is 0 Å². The van der Waals surface area contributed by atoms with Crippen molar-refractivity contribution < 1.29 is 27.8 Å². The van der Waals surface area contributed by atoms with E-state index in [-0.39, 0.29) is 5.56 Å². The van der Waals surface area contributed by atoms with E-state index in [1.165, 1.54) is 36.4 Å². The monoisotopic (exact) mass is 433 g/mol. The number of carboxylic acid groups (broad SMARTS) is 1. The first kappa shape index (κ1) is 22.2. The van der Waals surface area contributed by atoms with Crippen LogP contribution < -0.4 is 9.64 Å². The van der Waals surface area contributed by atoms with Gasteiger partial charge in [0.05, 0.1) is 6.54 Å². The van der Waals surface area contributed by atoms with Crippen molar-refractivity contribution in [2.75, 3.05) is 25.1 Å².